The maximum atomic E-state index is 13.1. The molecule has 0 bridgehead atoms. The van der Waals surface area contributed by atoms with Crippen LogP contribution in [0.1, 0.15) is 57.2 Å². The molecule has 1 unspecified atom stereocenters. The molecule has 7 nitrogen and oxygen atoms in total. The van der Waals surface area contributed by atoms with Crippen molar-refractivity contribution in [2.75, 3.05) is 17.7 Å². The van der Waals surface area contributed by atoms with Crippen molar-refractivity contribution in [2.24, 2.45) is 0 Å². The number of nitrogens with one attached hydrogen (secondary N) is 1. The number of carbonyl (C=O) groups is 1. The van der Waals surface area contributed by atoms with Crippen LogP contribution in [0.3, 0.4) is 0 Å². The van der Waals surface area contributed by atoms with Crippen molar-refractivity contribution < 1.29 is 14.3 Å². The van der Waals surface area contributed by atoms with Crippen LogP contribution in [-0.2, 0) is 16.1 Å². The van der Waals surface area contributed by atoms with Gasteiger partial charge in [0.05, 0.1) is 12.2 Å². The lowest BCUT2D eigenvalue weighted by molar-refractivity contribution is -0.139. The van der Waals surface area contributed by atoms with E-state index >= 15 is 0 Å². The average molecular weight is 493 g/mol. The molecule has 3 aromatic rings. The summed E-state index contributed by atoms with van der Waals surface area (Å²) in [5, 5.41) is 8.72. The monoisotopic (exact) mass is 492 g/mol. The summed E-state index contributed by atoms with van der Waals surface area (Å²) in [6.45, 7) is 6.89. The lowest BCUT2D eigenvalue weighted by Gasteiger charge is -2.28. The number of aromatic nitrogens is 3. The number of hydrogen-bond acceptors (Lipinski definition) is 7. The second-order valence-corrected chi connectivity index (χ2v) is 9.47. The Morgan fingerprint density at radius 3 is 2.57 bits per heavy atom. The molecule has 4 rings (SSSR count). The Morgan fingerprint density at radius 2 is 1.86 bits per heavy atom. The number of hydrogen-bond donors (Lipinski definition) is 1. The summed E-state index contributed by atoms with van der Waals surface area (Å²) in [6, 6.07) is 17.4. The molecule has 0 radical (unpaired) electrons. The van der Waals surface area contributed by atoms with E-state index < -0.39 is 6.04 Å². The largest absolute Gasteiger partial charge is 0.489 e. The summed E-state index contributed by atoms with van der Waals surface area (Å²) < 4.78 is 13.3. The number of rotatable bonds is 11. The topological polar surface area (TPSA) is 78.3 Å². The van der Waals surface area contributed by atoms with Gasteiger partial charge < -0.3 is 14.8 Å². The van der Waals surface area contributed by atoms with E-state index in [4.69, 9.17) is 14.6 Å². The first-order valence-corrected chi connectivity index (χ1v) is 13.1. The van der Waals surface area contributed by atoms with Gasteiger partial charge >= 0.3 is 5.97 Å². The van der Waals surface area contributed by atoms with E-state index in [2.05, 4.69) is 17.2 Å². The molecule has 0 aliphatic carbocycles. The molecule has 8 heteroatoms. The highest BCUT2D eigenvalue weighted by Crippen LogP contribution is 2.37. The maximum absolute atomic E-state index is 13.1. The molecular formula is C27H32N4O3S. The summed E-state index contributed by atoms with van der Waals surface area (Å²) in [7, 11) is 0. The van der Waals surface area contributed by atoms with Crippen LogP contribution in [0.2, 0.25) is 0 Å². The number of benzene rings is 2. The number of allylic oxidation sites excluding steroid dienone is 1. The van der Waals surface area contributed by atoms with Crippen molar-refractivity contribution in [3.8, 4) is 5.75 Å². The Balaban J connectivity index is 1.61. The third-order valence-corrected chi connectivity index (χ3v) is 6.59. The van der Waals surface area contributed by atoms with Crippen LogP contribution >= 0.6 is 11.8 Å². The fourth-order valence-corrected chi connectivity index (χ4v) is 4.74. The average Bonchev–Trinajstić information content (AvgIpc) is 3.28. The first kappa shape index (κ1) is 24.9. The summed E-state index contributed by atoms with van der Waals surface area (Å²) >= 11 is 1.63. The van der Waals surface area contributed by atoms with Crippen molar-refractivity contribution in [3.63, 3.8) is 0 Å². The van der Waals surface area contributed by atoms with Crippen LogP contribution < -0.4 is 10.1 Å². The van der Waals surface area contributed by atoms with Gasteiger partial charge in [-0.3, -0.25) is 0 Å². The molecule has 0 amide bonds. The van der Waals surface area contributed by atoms with Gasteiger partial charge in [-0.05, 0) is 43.0 Å². The van der Waals surface area contributed by atoms with Gasteiger partial charge in [-0.1, -0.05) is 74.5 Å². The maximum Gasteiger partial charge on any atom is 0.338 e. The van der Waals surface area contributed by atoms with E-state index in [-0.39, 0.29) is 5.97 Å². The second-order valence-electron chi connectivity index (χ2n) is 8.41. The first-order valence-electron chi connectivity index (χ1n) is 12.1. The number of nitrogens with zero attached hydrogens (tertiary/aromatic N) is 3. The summed E-state index contributed by atoms with van der Waals surface area (Å²) in [5.74, 6) is 2.00. The Morgan fingerprint density at radius 1 is 1.09 bits per heavy atom. The molecule has 1 N–H and O–H groups in total. The molecule has 0 saturated heterocycles. The zero-order valence-corrected chi connectivity index (χ0v) is 21.3. The van der Waals surface area contributed by atoms with Crippen molar-refractivity contribution in [3.05, 3.63) is 77.0 Å². The predicted molar refractivity (Wildman–Crippen MR) is 139 cm³/mol. The molecule has 0 spiro atoms. The SMILES string of the molecule is CCCCSc1nc2n(n1)C(c1ccc(OCc3ccccc3)cc1)C(C(=O)OCCC)=C(C)N2. The minimum Gasteiger partial charge on any atom is -0.489 e. The number of fused-ring (bicyclic) bond motifs is 1. The van der Waals surface area contributed by atoms with Crippen LogP contribution in [-0.4, -0.2) is 33.1 Å². The Kier molecular flexibility index (Phi) is 8.47. The summed E-state index contributed by atoms with van der Waals surface area (Å²) in [5.41, 5.74) is 3.29. The summed E-state index contributed by atoms with van der Waals surface area (Å²) in [4.78, 5) is 17.8. The molecule has 2 heterocycles. The minimum atomic E-state index is -0.438. The summed E-state index contributed by atoms with van der Waals surface area (Å²) in [6.07, 6.45) is 2.98. The van der Waals surface area contributed by atoms with E-state index in [1.807, 2.05) is 68.4 Å². The van der Waals surface area contributed by atoms with Gasteiger partial charge in [0.1, 0.15) is 18.4 Å². The number of thioether (sulfide) groups is 1. The number of ether oxygens (including phenoxy) is 2. The quantitative estimate of drug-likeness (QED) is 0.200. The molecular weight excluding hydrogens is 460 g/mol. The normalized spacial score (nSPS) is 14.9. The van der Waals surface area contributed by atoms with Gasteiger partial charge in [0.25, 0.3) is 0 Å². The highest BCUT2D eigenvalue weighted by atomic mass is 32.2. The fourth-order valence-electron chi connectivity index (χ4n) is 3.83. The Bertz CT molecular complexity index is 1160. The predicted octanol–water partition coefficient (Wildman–Crippen LogP) is 5.99. The third-order valence-electron chi connectivity index (χ3n) is 5.66. The lowest BCUT2D eigenvalue weighted by atomic mass is 9.96. The van der Waals surface area contributed by atoms with Crippen molar-refractivity contribution in [1.82, 2.24) is 14.8 Å². The van der Waals surface area contributed by atoms with Gasteiger partial charge in [-0.15, -0.1) is 5.10 Å². The van der Waals surface area contributed by atoms with E-state index in [1.54, 1.807) is 16.4 Å². The fraction of sp³-hybridized carbons (Fsp3) is 0.370. The zero-order valence-electron chi connectivity index (χ0n) is 20.5. The number of esters is 1. The van der Waals surface area contributed by atoms with Gasteiger partial charge in [-0.2, -0.15) is 4.98 Å². The van der Waals surface area contributed by atoms with Gasteiger partial charge in [0, 0.05) is 11.4 Å². The molecule has 35 heavy (non-hydrogen) atoms. The highest BCUT2D eigenvalue weighted by molar-refractivity contribution is 7.99. The number of unbranched alkanes of at least 4 members (excludes halogenated alkanes) is 1. The highest BCUT2D eigenvalue weighted by Gasteiger charge is 2.35. The molecule has 0 fully saturated rings. The molecule has 1 atom stereocenters. The van der Waals surface area contributed by atoms with Gasteiger partial charge in [-0.25, -0.2) is 9.48 Å². The lowest BCUT2D eigenvalue weighted by Crippen LogP contribution is -2.29. The molecule has 1 aliphatic rings. The molecule has 2 aromatic carbocycles. The Hall–Kier alpha value is -3.26. The van der Waals surface area contributed by atoms with Crippen LogP contribution in [0.5, 0.6) is 5.75 Å². The van der Waals surface area contributed by atoms with Crippen molar-refractivity contribution >= 4 is 23.7 Å². The molecule has 1 aliphatic heterocycles. The van der Waals surface area contributed by atoms with Crippen molar-refractivity contribution in [1.29, 1.82) is 0 Å². The molecule has 184 valence electrons. The third kappa shape index (κ3) is 6.06. The standard InChI is InChI=1S/C27H32N4O3S/c1-4-6-17-35-27-29-26-28-19(3)23(25(32)33-16-5-2)24(31(26)30-27)21-12-14-22(15-13-21)34-18-20-10-8-7-9-11-20/h7-15,24H,4-6,16-18H2,1-3H3,(H,28,29,30). The van der Waals surface area contributed by atoms with E-state index in [0.29, 0.717) is 29.9 Å². The van der Waals surface area contributed by atoms with Crippen LogP contribution in [0.4, 0.5) is 5.95 Å². The van der Waals surface area contributed by atoms with Gasteiger partial charge in [0.15, 0.2) is 0 Å². The van der Waals surface area contributed by atoms with Crippen LogP contribution in [0.15, 0.2) is 71.0 Å². The second kappa shape index (κ2) is 11.9. The molecule has 0 saturated carbocycles. The number of carbonyl (C=O) groups excluding carboxylic acids is 1. The minimum absolute atomic E-state index is 0.340. The Labute approximate surface area is 210 Å². The van der Waals surface area contributed by atoms with E-state index in [1.165, 1.54) is 0 Å². The van der Waals surface area contributed by atoms with E-state index in [9.17, 15) is 4.79 Å². The van der Waals surface area contributed by atoms with Crippen LogP contribution in [0, 0.1) is 0 Å². The number of anilines is 1. The first-order chi connectivity index (χ1) is 17.1. The van der Waals surface area contributed by atoms with Crippen molar-refractivity contribution in [2.45, 2.75) is 57.8 Å². The smallest absolute Gasteiger partial charge is 0.338 e. The van der Waals surface area contributed by atoms with Crippen LogP contribution in [0.25, 0.3) is 0 Å². The van der Waals surface area contributed by atoms with Gasteiger partial charge in [0.2, 0.25) is 11.1 Å². The molecule has 1 aromatic heterocycles. The zero-order chi connectivity index (χ0) is 24.6. The van der Waals surface area contributed by atoms with E-state index in [0.717, 1.165) is 47.6 Å².